The number of aliphatic hydroxyl groups is 1. The van der Waals surface area contributed by atoms with Crippen molar-refractivity contribution in [3.63, 3.8) is 0 Å². The summed E-state index contributed by atoms with van der Waals surface area (Å²) in [5.41, 5.74) is 12.1. The predicted molar refractivity (Wildman–Crippen MR) is 183 cm³/mol. The van der Waals surface area contributed by atoms with Crippen LogP contribution in [0.25, 0.3) is 5.76 Å². The summed E-state index contributed by atoms with van der Waals surface area (Å²) in [5, 5.41) is 10.5. The largest absolute Gasteiger partial charge is 2.00 e. The number of allylic oxidation sites excluding steroid dienone is 1. The van der Waals surface area contributed by atoms with Gasteiger partial charge in [0, 0.05) is 34.3 Å². The average molecular weight is 774 g/mol. The molecule has 0 unspecified atom stereocenters. The third kappa shape index (κ3) is 7.46. The summed E-state index contributed by atoms with van der Waals surface area (Å²) in [6, 6.07) is 38.1. The van der Waals surface area contributed by atoms with Crippen molar-refractivity contribution in [3.8, 4) is 0 Å². The number of ketones is 1. The fourth-order valence-corrected chi connectivity index (χ4v) is 6.05. The van der Waals surface area contributed by atoms with Crippen molar-refractivity contribution in [2.75, 3.05) is 9.80 Å². The van der Waals surface area contributed by atoms with Gasteiger partial charge in [-0.3, -0.25) is 4.79 Å². The third-order valence-electron chi connectivity index (χ3n) is 7.74. The number of nitrogens with zero attached hydrogens (tertiary/aromatic N) is 2. The maximum absolute atomic E-state index is 12.6. The minimum atomic E-state index is -0.156. The Kier molecular flexibility index (Phi) is 10.9. The van der Waals surface area contributed by atoms with Crippen LogP contribution in [-0.2, 0) is 21.1 Å². The maximum atomic E-state index is 12.6. The maximum Gasteiger partial charge on any atom is 2.00 e. The van der Waals surface area contributed by atoms with Crippen LogP contribution in [0, 0.1) is 54.3 Å². The quantitative estimate of drug-likeness (QED) is 0.0836. The smallest absolute Gasteiger partial charge is 0.507 e. The van der Waals surface area contributed by atoms with Crippen molar-refractivity contribution in [1.82, 2.24) is 0 Å². The minimum absolute atomic E-state index is 0. The van der Waals surface area contributed by atoms with Crippen molar-refractivity contribution >= 4 is 34.3 Å². The van der Waals surface area contributed by atoms with Crippen molar-refractivity contribution in [3.05, 3.63) is 166 Å². The van der Waals surface area contributed by atoms with Gasteiger partial charge in [0.1, 0.15) is 5.76 Å². The van der Waals surface area contributed by atoms with Gasteiger partial charge in [0.2, 0.25) is 0 Å². The molecule has 0 saturated heterocycles. The normalized spacial score (nSPS) is 12.2. The number of fused-ring (bicyclic) bond motifs is 1. The van der Waals surface area contributed by atoms with Gasteiger partial charge in [-0.25, -0.2) is 0 Å². The summed E-state index contributed by atoms with van der Waals surface area (Å²) in [6.45, 7) is 13.9. The van der Waals surface area contributed by atoms with Gasteiger partial charge in [0.05, 0.1) is 0 Å². The van der Waals surface area contributed by atoms with Gasteiger partial charge >= 0.3 is 21.1 Å². The number of aryl methyl sites for hydroxylation is 6. The Morgan fingerprint density at radius 1 is 0.667 bits per heavy atom. The van der Waals surface area contributed by atoms with Gasteiger partial charge < -0.3 is 14.9 Å². The zero-order chi connectivity index (χ0) is 31.4. The molecule has 0 saturated carbocycles. The number of hydrogen-bond acceptors (Lipinski definition) is 4. The van der Waals surface area contributed by atoms with E-state index in [0.717, 1.165) is 50.3 Å². The fourth-order valence-electron chi connectivity index (χ4n) is 6.05. The Labute approximate surface area is 281 Å². The second-order valence-corrected chi connectivity index (χ2v) is 11.4. The van der Waals surface area contributed by atoms with Crippen LogP contribution < -0.4 is 9.80 Å². The van der Waals surface area contributed by atoms with Crippen LogP contribution in [0.4, 0.5) is 22.7 Å². The molecule has 0 aromatic heterocycles. The zero-order valence-corrected chi connectivity index (χ0v) is 28.8. The molecule has 5 aromatic carbocycles. The van der Waals surface area contributed by atoms with Crippen molar-refractivity contribution in [2.24, 2.45) is 0 Å². The van der Waals surface area contributed by atoms with Crippen molar-refractivity contribution in [1.29, 1.82) is 0 Å². The van der Waals surface area contributed by atoms with Crippen LogP contribution in [0.3, 0.4) is 0 Å². The number of anilines is 4. The van der Waals surface area contributed by atoms with E-state index in [1.54, 1.807) is 0 Å². The number of aliphatic hydroxyl groups excluding tert-OH is 1. The van der Waals surface area contributed by atoms with Crippen LogP contribution in [0.1, 0.15) is 49.3 Å². The summed E-state index contributed by atoms with van der Waals surface area (Å²) >= 11 is 0. The number of rotatable bonds is 5. The molecule has 0 aliphatic carbocycles. The molecule has 1 aliphatic heterocycles. The minimum Gasteiger partial charge on any atom is -0.507 e. The van der Waals surface area contributed by atoms with E-state index in [2.05, 4.69) is 77.1 Å². The van der Waals surface area contributed by atoms with Gasteiger partial charge in [-0.05, 0) is 88.1 Å². The molecule has 0 bridgehead atoms. The molecule has 230 valence electrons. The molecule has 0 radical (unpaired) electrons. The molecule has 5 aromatic rings. The first-order chi connectivity index (χ1) is 21.1. The summed E-state index contributed by atoms with van der Waals surface area (Å²) in [5.74, 6) is -0.124. The average Bonchev–Trinajstić information content (AvgIpc) is 3.37. The predicted octanol–water partition coefficient (Wildman–Crippen LogP) is 10.2. The van der Waals surface area contributed by atoms with Gasteiger partial charge in [-0.15, -0.1) is 12.4 Å². The summed E-state index contributed by atoms with van der Waals surface area (Å²) in [4.78, 5) is 17.0. The standard InChI is InChI=1S/C21H24O2.C19H14N2.Pt/c1-12-7-14(3)20(15(4)8-12)18(22)11-19(23)21-16(5)9-13(2)10-17(21)6;1-3-9-16(10-4-1)20-15-21(17-11-5-2-6-12-17)19-14-8-7-13-18(19)20;/h7-11,22H,1-6H3;1-11,13-15H;/q;-2;+2. The van der Waals surface area contributed by atoms with Gasteiger partial charge in [0.25, 0.3) is 0 Å². The molecule has 45 heavy (non-hydrogen) atoms. The molecule has 0 amide bonds. The number of carbonyl (C=O) groups excluding carboxylic acids is 1. The topological polar surface area (TPSA) is 43.8 Å². The van der Waals surface area contributed by atoms with E-state index >= 15 is 0 Å². The third-order valence-corrected chi connectivity index (χ3v) is 7.74. The van der Waals surface area contributed by atoms with Crippen LogP contribution in [0.15, 0.2) is 109 Å². The second-order valence-electron chi connectivity index (χ2n) is 11.4. The van der Waals surface area contributed by atoms with Crippen LogP contribution in [-0.4, -0.2) is 10.9 Å². The SMILES string of the molecule is Cc1cc(C)c(C(=O)C=C(O)c2c(C)cc(C)cc2C)c(C)c1.[Pt+2].[c-]1ccccc1N1[CH-]N(c2ccccc2)c2ccccc21. The molecular formula is C40H38N2O2Pt. The second kappa shape index (κ2) is 14.6. The number of hydrogen-bond donors (Lipinski definition) is 1. The molecule has 4 nitrogen and oxygen atoms in total. The first kappa shape index (κ1) is 33.5. The van der Waals surface area contributed by atoms with Gasteiger partial charge in [0.15, 0.2) is 5.78 Å². The molecule has 1 heterocycles. The monoisotopic (exact) mass is 773 g/mol. The summed E-state index contributed by atoms with van der Waals surface area (Å²) in [6.07, 6.45) is 1.34. The van der Waals surface area contributed by atoms with E-state index in [9.17, 15) is 9.90 Å². The van der Waals surface area contributed by atoms with E-state index < -0.39 is 0 Å². The van der Waals surface area contributed by atoms with E-state index in [1.165, 1.54) is 17.5 Å². The van der Waals surface area contributed by atoms with E-state index in [4.69, 9.17) is 0 Å². The van der Waals surface area contributed by atoms with Crippen LogP contribution in [0.5, 0.6) is 0 Å². The van der Waals surface area contributed by atoms with E-state index in [1.807, 2.05) is 90.1 Å². The number of benzene rings is 5. The summed E-state index contributed by atoms with van der Waals surface area (Å²) in [7, 11) is 0. The molecule has 0 spiro atoms. The molecule has 1 aliphatic rings. The molecule has 0 fully saturated rings. The van der Waals surface area contributed by atoms with Gasteiger partial charge in [-0.1, -0.05) is 65.7 Å². The Morgan fingerprint density at radius 3 is 1.69 bits per heavy atom. The number of para-hydroxylation sites is 4. The zero-order valence-electron chi connectivity index (χ0n) is 26.5. The van der Waals surface area contributed by atoms with Crippen LogP contribution >= 0.6 is 0 Å². The van der Waals surface area contributed by atoms with Crippen molar-refractivity contribution in [2.45, 2.75) is 41.5 Å². The fraction of sp³-hybridized carbons (Fsp3) is 0.150. The Morgan fingerprint density at radius 2 is 1.16 bits per heavy atom. The Bertz CT molecular complexity index is 1720. The van der Waals surface area contributed by atoms with E-state index in [0.29, 0.717) is 5.56 Å². The summed E-state index contributed by atoms with van der Waals surface area (Å²) < 4.78 is 0. The first-order valence-corrected chi connectivity index (χ1v) is 14.8. The molecule has 1 N–H and O–H groups in total. The Hall–Kier alpha value is -4.40. The van der Waals surface area contributed by atoms with Crippen molar-refractivity contribution < 1.29 is 31.0 Å². The molecular weight excluding hydrogens is 736 g/mol. The first-order valence-electron chi connectivity index (χ1n) is 14.8. The molecule has 0 atom stereocenters. The van der Waals surface area contributed by atoms with Crippen LogP contribution in [0.2, 0.25) is 0 Å². The molecule has 6 rings (SSSR count). The molecule has 5 heteroatoms. The Balaban J connectivity index is 0.000000201. The van der Waals surface area contributed by atoms with E-state index in [-0.39, 0.29) is 32.6 Å². The number of carbonyl (C=O) groups is 1. The van der Waals surface area contributed by atoms with Gasteiger partial charge in [-0.2, -0.15) is 30.3 Å².